The normalized spacial score (nSPS) is 16.7. The third-order valence-corrected chi connectivity index (χ3v) is 6.83. The number of rotatable bonds is 4. The van der Waals surface area contributed by atoms with Crippen LogP contribution in [0.15, 0.2) is 34.7 Å². The Bertz CT molecular complexity index is 1150. The van der Waals surface area contributed by atoms with E-state index in [1.54, 1.807) is 6.92 Å². The van der Waals surface area contributed by atoms with Crippen molar-refractivity contribution in [3.63, 3.8) is 0 Å². The van der Waals surface area contributed by atoms with E-state index in [1.807, 2.05) is 11.8 Å². The van der Waals surface area contributed by atoms with Crippen LogP contribution in [0, 0.1) is 20.8 Å². The summed E-state index contributed by atoms with van der Waals surface area (Å²) in [5.41, 5.74) is 4.34. The van der Waals surface area contributed by atoms with Gasteiger partial charge in [-0.05, 0) is 45.1 Å². The molecule has 5 rings (SSSR count). The fraction of sp³-hybridized carbons (Fsp3) is 0.462. The van der Waals surface area contributed by atoms with Crippen LogP contribution in [0.25, 0.3) is 0 Å². The molecule has 0 atom stereocenters. The molecule has 1 fully saturated rings. The van der Waals surface area contributed by atoms with E-state index in [1.165, 1.54) is 11.1 Å². The topological polar surface area (TPSA) is 75.4 Å². The summed E-state index contributed by atoms with van der Waals surface area (Å²) in [6.07, 6.45) is 3.88. The Labute approximate surface area is 194 Å². The zero-order chi connectivity index (χ0) is 22.9. The molecule has 0 bridgehead atoms. The minimum atomic E-state index is -0.0665. The number of anilines is 1. The van der Waals surface area contributed by atoms with E-state index >= 15 is 0 Å². The van der Waals surface area contributed by atoms with Crippen molar-refractivity contribution in [2.24, 2.45) is 0 Å². The molecule has 3 aromatic rings. The van der Waals surface area contributed by atoms with Gasteiger partial charge in [0.1, 0.15) is 11.6 Å². The van der Waals surface area contributed by atoms with Gasteiger partial charge < -0.3 is 14.2 Å². The summed E-state index contributed by atoms with van der Waals surface area (Å²) in [6, 6.07) is 10.6. The maximum absolute atomic E-state index is 12.9. The largest absolute Gasteiger partial charge is 0.436 e. The molecule has 1 aromatic carbocycles. The molecule has 2 aliphatic heterocycles. The Morgan fingerprint density at radius 2 is 1.76 bits per heavy atom. The van der Waals surface area contributed by atoms with Gasteiger partial charge in [0.05, 0.1) is 5.69 Å². The minimum Gasteiger partial charge on any atom is -0.436 e. The molecular weight excluding hydrogens is 414 g/mol. The number of aryl methyl sites for hydroxylation is 3. The van der Waals surface area contributed by atoms with Crippen molar-refractivity contribution in [3.8, 4) is 0 Å². The number of nitrogens with zero attached hydrogens (tertiary/aromatic N) is 5. The summed E-state index contributed by atoms with van der Waals surface area (Å²) >= 11 is 0. The Morgan fingerprint density at radius 3 is 2.45 bits per heavy atom. The first-order chi connectivity index (χ1) is 16.0. The summed E-state index contributed by atoms with van der Waals surface area (Å²) < 4.78 is 5.55. The van der Waals surface area contributed by atoms with E-state index in [4.69, 9.17) is 14.4 Å². The van der Waals surface area contributed by atoms with E-state index in [0.29, 0.717) is 30.4 Å². The number of oxazole rings is 1. The van der Waals surface area contributed by atoms with Crippen LogP contribution in [0.2, 0.25) is 0 Å². The van der Waals surface area contributed by atoms with Gasteiger partial charge in [-0.15, -0.1) is 0 Å². The third-order valence-electron chi connectivity index (χ3n) is 6.83. The van der Waals surface area contributed by atoms with Crippen LogP contribution in [-0.2, 0) is 13.0 Å². The minimum absolute atomic E-state index is 0.0665. The van der Waals surface area contributed by atoms with Gasteiger partial charge in [0, 0.05) is 50.3 Å². The van der Waals surface area contributed by atoms with E-state index in [9.17, 15) is 4.79 Å². The first-order valence-electron chi connectivity index (χ1n) is 11.9. The first-order valence-corrected chi connectivity index (χ1v) is 11.9. The van der Waals surface area contributed by atoms with E-state index in [-0.39, 0.29) is 11.8 Å². The number of carbonyl (C=O) groups excluding carboxylic acids is 1. The molecule has 1 amide bonds. The predicted octanol–water partition coefficient (Wildman–Crippen LogP) is 4.36. The second-order valence-electron chi connectivity index (χ2n) is 9.19. The first kappa shape index (κ1) is 21.6. The van der Waals surface area contributed by atoms with Crippen molar-refractivity contribution >= 4 is 11.7 Å². The van der Waals surface area contributed by atoms with Crippen molar-refractivity contribution in [1.82, 2.24) is 19.9 Å². The fourth-order valence-corrected chi connectivity index (χ4v) is 5.06. The number of benzene rings is 1. The number of aromatic nitrogens is 3. The lowest BCUT2D eigenvalue weighted by Gasteiger charge is -2.34. The van der Waals surface area contributed by atoms with E-state index in [0.717, 1.165) is 56.1 Å². The van der Waals surface area contributed by atoms with Gasteiger partial charge >= 0.3 is 0 Å². The van der Waals surface area contributed by atoms with Crippen molar-refractivity contribution in [3.05, 3.63) is 70.3 Å². The van der Waals surface area contributed by atoms with Crippen molar-refractivity contribution in [2.75, 3.05) is 24.5 Å². The maximum Gasteiger partial charge on any atom is 0.291 e. The van der Waals surface area contributed by atoms with Gasteiger partial charge in [-0.3, -0.25) is 4.79 Å². The van der Waals surface area contributed by atoms with Crippen LogP contribution < -0.4 is 4.90 Å². The highest BCUT2D eigenvalue weighted by Gasteiger charge is 2.30. The van der Waals surface area contributed by atoms with Gasteiger partial charge in [-0.25, -0.2) is 15.0 Å². The molecule has 0 saturated carbocycles. The van der Waals surface area contributed by atoms with Crippen molar-refractivity contribution in [2.45, 2.75) is 58.9 Å². The Morgan fingerprint density at radius 1 is 1.00 bits per heavy atom. The molecule has 33 heavy (non-hydrogen) atoms. The second-order valence-corrected chi connectivity index (χ2v) is 9.19. The molecule has 7 heteroatoms. The number of amides is 1. The lowest BCUT2D eigenvalue weighted by atomic mass is 9.94. The molecule has 7 nitrogen and oxygen atoms in total. The summed E-state index contributed by atoms with van der Waals surface area (Å²) in [6.45, 7) is 8.94. The van der Waals surface area contributed by atoms with Crippen LogP contribution in [0.1, 0.15) is 70.0 Å². The van der Waals surface area contributed by atoms with Gasteiger partial charge in [0.2, 0.25) is 5.76 Å². The Kier molecular flexibility index (Phi) is 5.87. The molecule has 1 saturated heterocycles. The van der Waals surface area contributed by atoms with E-state index < -0.39 is 0 Å². The van der Waals surface area contributed by atoms with Crippen molar-refractivity contribution in [1.29, 1.82) is 0 Å². The number of piperidine rings is 1. The quantitative estimate of drug-likeness (QED) is 0.594. The van der Waals surface area contributed by atoms with Gasteiger partial charge in [-0.1, -0.05) is 30.3 Å². The molecule has 0 unspecified atom stereocenters. The summed E-state index contributed by atoms with van der Waals surface area (Å²) in [7, 11) is 0. The number of likely N-dealkylation sites (tertiary alicyclic amines) is 1. The van der Waals surface area contributed by atoms with Crippen LogP contribution >= 0.6 is 0 Å². The van der Waals surface area contributed by atoms with Crippen LogP contribution in [-0.4, -0.2) is 45.4 Å². The maximum atomic E-state index is 12.9. The van der Waals surface area contributed by atoms with Crippen LogP contribution in [0.5, 0.6) is 0 Å². The highest BCUT2D eigenvalue weighted by Crippen LogP contribution is 2.33. The van der Waals surface area contributed by atoms with Gasteiger partial charge in [0.25, 0.3) is 5.91 Å². The average molecular weight is 446 g/mol. The van der Waals surface area contributed by atoms with Crippen LogP contribution in [0.4, 0.5) is 5.82 Å². The smallest absolute Gasteiger partial charge is 0.291 e. The van der Waals surface area contributed by atoms with Crippen LogP contribution in [0.3, 0.4) is 0 Å². The zero-order valence-electron chi connectivity index (χ0n) is 19.7. The SMILES string of the molecule is Cc1nc(C)c(C(=O)N2CCC(c3nc(C)c4c(n3)N(Cc3ccccc3)CCC4)CC2)o1. The Hall–Kier alpha value is -3.22. The standard InChI is InChI=1S/C26H31N5O2/c1-17-22-10-7-13-31(16-20-8-5-4-6-9-20)25(22)29-24(28-17)21-11-14-30(15-12-21)26(32)23-18(2)27-19(3)33-23/h4-6,8-9,21H,7,10-16H2,1-3H3. The molecule has 0 radical (unpaired) electrons. The van der Waals surface area contributed by atoms with Gasteiger partial charge in [-0.2, -0.15) is 0 Å². The number of hydrogen-bond acceptors (Lipinski definition) is 6. The molecule has 0 spiro atoms. The molecule has 2 aromatic heterocycles. The number of fused-ring (bicyclic) bond motifs is 1. The molecular formula is C26H31N5O2. The lowest BCUT2D eigenvalue weighted by molar-refractivity contribution is 0.0676. The average Bonchev–Trinajstić information content (AvgIpc) is 3.17. The molecule has 0 N–H and O–H groups in total. The highest BCUT2D eigenvalue weighted by molar-refractivity contribution is 5.92. The van der Waals surface area contributed by atoms with Crippen molar-refractivity contribution < 1.29 is 9.21 Å². The summed E-state index contributed by atoms with van der Waals surface area (Å²) in [5.74, 6) is 3.11. The zero-order valence-corrected chi connectivity index (χ0v) is 19.7. The third kappa shape index (κ3) is 4.36. The molecule has 0 aliphatic carbocycles. The lowest BCUT2D eigenvalue weighted by Crippen LogP contribution is -2.38. The highest BCUT2D eigenvalue weighted by atomic mass is 16.4. The second kappa shape index (κ2) is 8.96. The monoisotopic (exact) mass is 445 g/mol. The molecule has 172 valence electrons. The van der Waals surface area contributed by atoms with Gasteiger partial charge in [0.15, 0.2) is 5.89 Å². The summed E-state index contributed by atoms with van der Waals surface area (Å²) in [5, 5.41) is 0. The number of carbonyl (C=O) groups is 1. The predicted molar refractivity (Wildman–Crippen MR) is 126 cm³/mol. The van der Waals surface area contributed by atoms with E-state index in [2.05, 4.69) is 47.1 Å². The molecule has 2 aliphatic rings. The summed E-state index contributed by atoms with van der Waals surface area (Å²) in [4.78, 5) is 31.4. The molecule has 4 heterocycles. The fourth-order valence-electron chi connectivity index (χ4n) is 5.06. The Balaban J connectivity index is 1.32. The number of hydrogen-bond donors (Lipinski definition) is 0.